The van der Waals surface area contributed by atoms with E-state index < -0.39 is 5.97 Å². The third-order valence-electron chi connectivity index (χ3n) is 3.75. The van der Waals surface area contributed by atoms with Gasteiger partial charge in [0, 0.05) is 11.6 Å². The molecule has 0 heterocycles. The summed E-state index contributed by atoms with van der Waals surface area (Å²) in [6.07, 6.45) is 5.24. The first-order valence-electron chi connectivity index (χ1n) is 7.40. The summed E-state index contributed by atoms with van der Waals surface area (Å²) in [5.74, 6) is -0.392. The fourth-order valence-corrected chi connectivity index (χ4v) is 2.80. The third-order valence-corrected chi connectivity index (χ3v) is 3.96. The molecule has 1 aliphatic rings. The predicted octanol–water partition coefficient (Wildman–Crippen LogP) is 2.87. The lowest BCUT2D eigenvalue weighted by molar-refractivity contribution is -0.124. The van der Waals surface area contributed by atoms with Gasteiger partial charge in [-0.05, 0) is 43.3 Å². The number of amides is 1. The zero-order chi connectivity index (χ0) is 15.9. The Morgan fingerprint density at radius 2 is 1.95 bits per heavy atom. The van der Waals surface area contributed by atoms with Crippen LogP contribution in [-0.4, -0.2) is 24.1 Å². The minimum absolute atomic E-state index is 0.0266. The number of anilines is 1. The van der Waals surface area contributed by atoms with Gasteiger partial charge in [-0.2, -0.15) is 0 Å². The molecule has 1 saturated carbocycles. The number of carbonyl (C=O) groups excluding carboxylic acids is 2. The van der Waals surface area contributed by atoms with Gasteiger partial charge in [-0.1, -0.05) is 25.3 Å². The van der Waals surface area contributed by atoms with Gasteiger partial charge in [0.15, 0.2) is 5.11 Å². The van der Waals surface area contributed by atoms with Crippen LogP contribution in [0.1, 0.15) is 42.5 Å². The Morgan fingerprint density at radius 1 is 1.23 bits per heavy atom. The SMILES string of the molecule is COC(=O)c1cccc(NC(=S)NC(=O)C2CCCCC2)c1. The number of hydrogen-bond donors (Lipinski definition) is 2. The minimum Gasteiger partial charge on any atom is -0.465 e. The van der Waals surface area contributed by atoms with E-state index in [0.29, 0.717) is 11.3 Å². The maximum Gasteiger partial charge on any atom is 0.337 e. The molecule has 22 heavy (non-hydrogen) atoms. The molecule has 2 N–H and O–H groups in total. The van der Waals surface area contributed by atoms with Crippen LogP contribution in [0.5, 0.6) is 0 Å². The van der Waals surface area contributed by atoms with E-state index in [-0.39, 0.29) is 16.9 Å². The Morgan fingerprint density at radius 3 is 2.64 bits per heavy atom. The van der Waals surface area contributed by atoms with Gasteiger partial charge in [-0.25, -0.2) is 4.79 Å². The Bertz CT molecular complexity index is 568. The second kappa shape index (κ2) is 7.89. The highest BCUT2D eigenvalue weighted by Gasteiger charge is 2.21. The maximum atomic E-state index is 12.1. The van der Waals surface area contributed by atoms with Crippen LogP contribution in [0, 0.1) is 5.92 Å². The van der Waals surface area contributed by atoms with Crippen molar-refractivity contribution in [1.82, 2.24) is 5.32 Å². The van der Waals surface area contributed by atoms with Crippen molar-refractivity contribution in [1.29, 1.82) is 0 Å². The predicted molar refractivity (Wildman–Crippen MR) is 88.7 cm³/mol. The van der Waals surface area contributed by atoms with Crippen LogP contribution in [0.4, 0.5) is 5.69 Å². The largest absolute Gasteiger partial charge is 0.465 e. The normalized spacial score (nSPS) is 15.0. The van der Waals surface area contributed by atoms with Crippen molar-refractivity contribution in [2.45, 2.75) is 32.1 Å². The molecular formula is C16H20N2O3S. The standard InChI is InChI=1S/C16H20N2O3S/c1-21-15(20)12-8-5-9-13(10-12)17-16(22)18-14(19)11-6-3-2-4-7-11/h5,8-11H,2-4,6-7H2,1H3,(H2,17,18,19,22). The molecule has 6 heteroatoms. The monoisotopic (exact) mass is 320 g/mol. The summed E-state index contributed by atoms with van der Waals surface area (Å²) in [6, 6.07) is 6.78. The van der Waals surface area contributed by atoms with Crippen molar-refractivity contribution in [3.05, 3.63) is 29.8 Å². The fraction of sp³-hybridized carbons (Fsp3) is 0.438. The lowest BCUT2D eigenvalue weighted by Gasteiger charge is -2.21. The molecule has 1 aromatic rings. The van der Waals surface area contributed by atoms with Gasteiger partial charge in [0.1, 0.15) is 0 Å². The summed E-state index contributed by atoms with van der Waals surface area (Å²) in [5, 5.41) is 5.90. The quantitative estimate of drug-likeness (QED) is 0.662. The number of ether oxygens (including phenoxy) is 1. The fourth-order valence-electron chi connectivity index (χ4n) is 2.58. The van der Waals surface area contributed by atoms with Crippen molar-refractivity contribution >= 4 is 34.9 Å². The molecule has 0 saturated heterocycles. The second-order valence-corrected chi connectivity index (χ2v) is 5.76. The maximum absolute atomic E-state index is 12.1. The number of carbonyl (C=O) groups is 2. The second-order valence-electron chi connectivity index (χ2n) is 5.35. The van der Waals surface area contributed by atoms with Crippen molar-refractivity contribution in [2.24, 2.45) is 5.92 Å². The van der Waals surface area contributed by atoms with Gasteiger partial charge in [-0.3, -0.25) is 4.79 Å². The number of esters is 1. The van der Waals surface area contributed by atoms with Crippen LogP contribution in [0.15, 0.2) is 24.3 Å². The molecule has 0 atom stereocenters. The molecule has 0 spiro atoms. The summed E-state index contributed by atoms with van der Waals surface area (Å²) < 4.78 is 4.67. The number of thiocarbonyl (C=S) groups is 1. The molecule has 1 amide bonds. The van der Waals surface area contributed by atoms with Crippen LogP contribution in [0.25, 0.3) is 0 Å². The van der Waals surface area contributed by atoms with Crippen LogP contribution < -0.4 is 10.6 Å². The summed E-state index contributed by atoms with van der Waals surface area (Å²) >= 11 is 5.16. The average Bonchev–Trinajstić information content (AvgIpc) is 2.55. The Hall–Kier alpha value is -1.95. The highest BCUT2D eigenvalue weighted by molar-refractivity contribution is 7.80. The number of rotatable bonds is 3. The van der Waals surface area contributed by atoms with E-state index >= 15 is 0 Å². The molecule has 0 unspecified atom stereocenters. The molecule has 118 valence electrons. The zero-order valence-electron chi connectivity index (χ0n) is 12.6. The lowest BCUT2D eigenvalue weighted by atomic mass is 9.89. The summed E-state index contributed by atoms with van der Waals surface area (Å²) in [5.41, 5.74) is 1.06. The van der Waals surface area contributed by atoms with Crippen molar-refractivity contribution < 1.29 is 14.3 Å². The molecule has 0 aliphatic heterocycles. The van der Waals surface area contributed by atoms with E-state index in [1.807, 2.05) is 0 Å². The van der Waals surface area contributed by atoms with Crippen LogP contribution in [0.2, 0.25) is 0 Å². The summed E-state index contributed by atoms with van der Waals surface area (Å²) in [4.78, 5) is 23.6. The van der Waals surface area contributed by atoms with E-state index in [4.69, 9.17) is 12.2 Å². The van der Waals surface area contributed by atoms with E-state index in [9.17, 15) is 9.59 Å². The first kappa shape index (κ1) is 16.4. The van der Waals surface area contributed by atoms with Crippen LogP contribution >= 0.6 is 12.2 Å². The van der Waals surface area contributed by atoms with Gasteiger partial charge < -0.3 is 15.4 Å². The van der Waals surface area contributed by atoms with Gasteiger partial charge in [0.2, 0.25) is 5.91 Å². The molecule has 5 nitrogen and oxygen atoms in total. The number of nitrogens with one attached hydrogen (secondary N) is 2. The molecule has 0 bridgehead atoms. The molecule has 1 aromatic carbocycles. The Kier molecular flexibility index (Phi) is 5.89. The zero-order valence-corrected chi connectivity index (χ0v) is 13.4. The Balaban J connectivity index is 1.91. The minimum atomic E-state index is -0.416. The average molecular weight is 320 g/mol. The summed E-state index contributed by atoms with van der Waals surface area (Å²) in [6.45, 7) is 0. The van der Waals surface area contributed by atoms with E-state index in [2.05, 4.69) is 15.4 Å². The molecule has 1 fully saturated rings. The number of benzene rings is 1. The van der Waals surface area contributed by atoms with Crippen LogP contribution in [0.3, 0.4) is 0 Å². The van der Waals surface area contributed by atoms with Gasteiger partial charge >= 0.3 is 5.97 Å². The highest BCUT2D eigenvalue weighted by atomic mass is 32.1. The topological polar surface area (TPSA) is 67.4 Å². The Labute approximate surface area is 135 Å². The van der Waals surface area contributed by atoms with Gasteiger partial charge in [0.05, 0.1) is 12.7 Å². The van der Waals surface area contributed by atoms with Crippen molar-refractivity contribution in [2.75, 3.05) is 12.4 Å². The van der Waals surface area contributed by atoms with Crippen molar-refractivity contribution in [3.63, 3.8) is 0 Å². The van der Waals surface area contributed by atoms with Gasteiger partial charge in [-0.15, -0.1) is 0 Å². The first-order valence-corrected chi connectivity index (χ1v) is 7.81. The van der Waals surface area contributed by atoms with Crippen LogP contribution in [-0.2, 0) is 9.53 Å². The summed E-state index contributed by atoms with van der Waals surface area (Å²) in [7, 11) is 1.33. The first-order chi connectivity index (χ1) is 10.6. The molecule has 2 rings (SSSR count). The van der Waals surface area contributed by atoms with E-state index in [0.717, 1.165) is 25.7 Å². The smallest absolute Gasteiger partial charge is 0.337 e. The van der Waals surface area contributed by atoms with E-state index in [1.54, 1.807) is 24.3 Å². The number of hydrogen-bond acceptors (Lipinski definition) is 4. The van der Waals surface area contributed by atoms with Crippen molar-refractivity contribution in [3.8, 4) is 0 Å². The third kappa shape index (κ3) is 4.53. The number of methoxy groups -OCH3 is 1. The lowest BCUT2D eigenvalue weighted by Crippen LogP contribution is -2.39. The van der Waals surface area contributed by atoms with E-state index in [1.165, 1.54) is 13.5 Å². The molecular weight excluding hydrogens is 300 g/mol. The van der Waals surface area contributed by atoms with Gasteiger partial charge in [0.25, 0.3) is 0 Å². The molecule has 1 aliphatic carbocycles. The molecule has 0 radical (unpaired) electrons. The molecule has 0 aromatic heterocycles. The highest BCUT2D eigenvalue weighted by Crippen LogP contribution is 2.23.